The van der Waals surface area contributed by atoms with Gasteiger partial charge in [0.2, 0.25) is 0 Å². The molecule has 0 amide bonds. The summed E-state index contributed by atoms with van der Waals surface area (Å²) >= 11 is 0. The first kappa shape index (κ1) is 51.6. The van der Waals surface area contributed by atoms with E-state index in [-0.39, 0.29) is 11.8 Å². The van der Waals surface area contributed by atoms with E-state index in [0.29, 0.717) is 0 Å². The smallest absolute Gasteiger partial charge is 0.0305 e. The molecule has 0 aliphatic heterocycles. The van der Waals surface area contributed by atoms with E-state index in [1.165, 1.54) is 161 Å². The van der Waals surface area contributed by atoms with E-state index >= 15 is 0 Å². The van der Waals surface area contributed by atoms with Crippen LogP contribution in [0.2, 0.25) is 0 Å². The lowest BCUT2D eigenvalue weighted by Gasteiger charge is -2.23. The third kappa shape index (κ3) is 14.0. The Balaban J connectivity index is 1.12. The van der Waals surface area contributed by atoms with Gasteiger partial charge >= 0.3 is 0 Å². The summed E-state index contributed by atoms with van der Waals surface area (Å²) in [5, 5.41) is 0. The Morgan fingerprint density at radius 1 is 0.486 bits per heavy atom. The third-order valence-corrected chi connectivity index (χ3v) is 15.0. The summed E-state index contributed by atoms with van der Waals surface area (Å²) in [4.78, 5) is 0. The van der Waals surface area contributed by atoms with Gasteiger partial charge in [-0.15, -0.1) is 0 Å². The van der Waals surface area contributed by atoms with E-state index < -0.39 is 0 Å². The number of benzene rings is 7. The van der Waals surface area contributed by atoms with E-state index in [1.807, 2.05) is 6.08 Å². The van der Waals surface area contributed by atoms with Gasteiger partial charge in [-0.2, -0.15) is 0 Å². The van der Waals surface area contributed by atoms with Gasteiger partial charge in [-0.25, -0.2) is 0 Å². The van der Waals surface area contributed by atoms with Crippen molar-refractivity contribution in [1.29, 1.82) is 0 Å². The van der Waals surface area contributed by atoms with Gasteiger partial charge in [0.15, 0.2) is 0 Å². The largest absolute Gasteiger partial charge is 0.0985 e. The van der Waals surface area contributed by atoms with Crippen LogP contribution in [0.25, 0.3) is 39.5 Å². The van der Waals surface area contributed by atoms with Gasteiger partial charge < -0.3 is 0 Å². The summed E-state index contributed by atoms with van der Waals surface area (Å²) in [5.74, 6) is 0.305. The van der Waals surface area contributed by atoms with Gasteiger partial charge in [-0.1, -0.05) is 303 Å². The lowest BCUT2D eigenvalue weighted by Crippen LogP contribution is -2.06. The van der Waals surface area contributed by atoms with Crippen LogP contribution in [-0.4, -0.2) is 0 Å². The van der Waals surface area contributed by atoms with Gasteiger partial charge in [-0.3, -0.25) is 0 Å². The molecule has 366 valence electrons. The van der Waals surface area contributed by atoms with E-state index in [1.54, 1.807) is 0 Å². The molecule has 0 heterocycles. The molecule has 0 saturated carbocycles. The number of rotatable bonds is 26. The standard InChI is InChI=1S/C72H78/c1-5-8-10-12-13-15-20-36-66-53-70(55(4)28-27-37-69(61-33-25-18-26-34-61)62-46-42-59(43-47-62)57-29-21-16-22-30-57)65(35-19-14-11-9-6-2)54-71(66)67-50-51-68(52-67)72(63-40-38-56(7-3)39-41-63)64-48-44-60(45-49-64)58-31-23-17-24-32-58/h7,16-18,21-34,37-51,53-54,69,72H,3,5-6,8-15,19-20,35-36,52H2,1-2,4H3. The molecule has 0 saturated heterocycles. The van der Waals surface area contributed by atoms with Crippen molar-refractivity contribution in [2.24, 2.45) is 0 Å². The van der Waals surface area contributed by atoms with Gasteiger partial charge in [-0.05, 0) is 122 Å². The lowest BCUT2D eigenvalue weighted by molar-refractivity contribution is 0.589. The summed E-state index contributed by atoms with van der Waals surface area (Å²) < 4.78 is 0. The molecular weight excluding hydrogens is 865 g/mol. The van der Waals surface area contributed by atoms with Crippen LogP contribution in [0.15, 0.2) is 218 Å². The van der Waals surface area contributed by atoms with Crippen LogP contribution < -0.4 is 0 Å². The molecule has 1 aliphatic carbocycles. The first-order chi connectivity index (χ1) is 35.5. The average molecular weight is 943 g/mol. The molecule has 1 aliphatic rings. The van der Waals surface area contributed by atoms with Crippen molar-refractivity contribution in [3.8, 4) is 22.3 Å². The number of aryl methyl sites for hydroxylation is 2. The first-order valence-electron chi connectivity index (χ1n) is 27.5. The molecule has 0 spiro atoms. The molecule has 72 heavy (non-hydrogen) atoms. The van der Waals surface area contributed by atoms with Crippen LogP contribution in [0.3, 0.4) is 0 Å². The van der Waals surface area contributed by atoms with E-state index in [9.17, 15) is 0 Å². The number of unbranched alkanes of at least 4 members (excludes halogenated alkanes) is 10. The van der Waals surface area contributed by atoms with Crippen molar-refractivity contribution in [2.45, 2.75) is 129 Å². The fourth-order valence-corrected chi connectivity index (χ4v) is 10.8. The lowest BCUT2D eigenvalue weighted by atomic mass is 9.81. The molecule has 0 N–H and O–H groups in total. The molecule has 0 heteroatoms. The van der Waals surface area contributed by atoms with Gasteiger partial charge in [0, 0.05) is 11.8 Å². The van der Waals surface area contributed by atoms with Gasteiger partial charge in [0.25, 0.3) is 0 Å². The Morgan fingerprint density at radius 3 is 1.51 bits per heavy atom. The molecular formula is C72H78. The highest BCUT2D eigenvalue weighted by atomic mass is 14.3. The second-order valence-corrected chi connectivity index (χ2v) is 20.2. The maximum atomic E-state index is 4.06. The number of allylic oxidation sites excluding steroid dienone is 8. The van der Waals surface area contributed by atoms with Crippen molar-refractivity contribution in [3.05, 3.63) is 269 Å². The predicted octanol–water partition coefficient (Wildman–Crippen LogP) is 20.8. The summed E-state index contributed by atoms with van der Waals surface area (Å²) in [5.41, 5.74) is 21.6. The highest BCUT2D eigenvalue weighted by Crippen LogP contribution is 2.43. The second-order valence-electron chi connectivity index (χ2n) is 20.2. The Kier molecular flexibility index (Phi) is 19.5. The molecule has 7 aromatic carbocycles. The van der Waals surface area contributed by atoms with Crippen LogP contribution >= 0.6 is 0 Å². The van der Waals surface area contributed by atoms with Gasteiger partial charge in [0.05, 0.1) is 0 Å². The third-order valence-electron chi connectivity index (χ3n) is 15.0. The summed E-state index contributed by atoms with van der Waals surface area (Å²) in [7, 11) is 0. The molecule has 0 radical (unpaired) electrons. The fraction of sp³-hybridized carbons (Fsp3) is 0.278. The number of hydrogen-bond acceptors (Lipinski definition) is 0. The molecule has 0 aromatic heterocycles. The van der Waals surface area contributed by atoms with Crippen LogP contribution in [-0.2, 0) is 12.8 Å². The van der Waals surface area contributed by atoms with Crippen LogP contribution in [0.5, 0.6) is 0 Å². The maximum Gasteiger partial charge on any atom is 0.0305 e. The molecule has 0 bridgehead atoms. The van der Waals surface area contributed by atoms with Crippen molar-refractivity contribution in [1.82, 2.24) is 0 Å². The Hall–Kier alpha value is -6.76. The quantitative estimate of drug-likeness (QED) is 0.0375. The zero-order chi connectivity index (χ0) is 49.7. The molecule has 8 rings (SSSR count). The number of hydrogen-bond donors (Lipinski definition) is 0. The normalized spacial score (nSPS) is 13.5. The van der Waals surface area contributed by atoms with Crippen molar-refractivity contribution < 1.29 is 0 Å². The maximum absolute atomic E-state index is 4.06. The summed E-state index contributed by atoms with van der Waals surface area (Å²) in [6.45, 7) is 11.0. The Bertz CT molecular complexity index is 2870. The van der Waals surface area contributed by atoms with E-state index in [0.717, 1.165) is 24.8 Å². The van der Waals surface area contributed by atoms with Crippen LogP contribution in [0, 0.1) is 0 Å². The SMILES string of the molecule is C=Cc1ccc(C(C2=CC=C(c3cc(CCCCCCC)c(C(C)=CC=CC(c4ccccc4)c4ccc(-c5ccccc5)cc4)cc3CCCCCCCCC)C2)c2ccc(-c3ccccc3)cc2)cc1. The van der Waals surface area contributed by atoms with Crippen molar-refractivity contribution in [2.75, 3.05) is 0 Å². The minimum absolute atomic E-state index is 0.148. The monoisotopic (exact) mass is 943 g/mol. The van der Waals surface area contributed by atoms with Crippen molar-refractivity contribution >= 4 is 17.2 Å². The average Bonchev–Trinajstić information content (AvgIpc) is 3.92. The molecule has 2 unspecified atom stereocenters. The predicted molar refractivity (Wildman–Crippen MR) is 314 cm³/mol. The zero-order valence-electron chi connectivity index (χ0n) is 43.7. The van der Waals surface area contributed by atoms with Crippen LogP contribution in [0.1, 0.15) is 166 Å². The first-order valence-corrected chi connectivity index (χ1v) is 27.5. The minimum Gasteiger partial charge on any atom is -0.0985 e. The topological polar surface area (TPSA) is 0 Å². The second kappa shape index (κ2) is 27.2. The van der Waals surface area contributed by atoms with E-state index in [2.05, 4.69) is 234 Å². The highest BCUT2D eigenvalue weighted by Gasteiger charge is 2.25. The molecule has 0 nitrogen and oxygen atoms in total. The Labute approximate surface area is 434 Å². The van der Waals surface area contributed by atoms with Crippen LogP contribution in [0.4, 0.5) is 0 Å². The van der Waals surface area contributed by atoms with E-state index in [4.69, 9.17) is 0 Å². The highest BCUT2D eigenvalue weighted by molar-refractivity contribution is 5.79. The Morgan fingerprint density at radius 2 is 0.958 bits per heavy atom. The molecule has 0 fully saturated rings. The summed E-state index contributed by atoms with van der Waals surface area (Å²) in [6.07, 6.45) is 32.7. The fourth-order valence-electron chi connectivity index (χ4n) is 10.8. The minimum atomic E-state index is 0.148. The van der Waals surface area contributed by atoms with Crippen molar-refractivity contribution in [3.63, 3.8) is 0 Å². The summed E-state index contributed by atoms with van der Waals surface area (Å²) in [6, 6.07) is 65.3. The zero-order valence-corrected chi connectivity index (χ0v) is 43.7. The molecule has 7 aromatic rings. The molecule has 2 atom stereocenters. The van der Waals surface area contributed by atoms with Gasteiger partial charge in [0.1, 0.15) is 0 Å².